The van der Waals surface area contributed by atoms with Crippen LogP contribution in [0.3, 0.4) is 0 Å². The van der Waals surface area contributed by atoms with E-state index < -0.39 is 24.1 Å². The van der Waals surface area contributed by atoms with E-state index in [1.54, 1.807) is 42.5 Å². The fourth-order valence-corrected chi connectivity index (χ4v) is 3.77. The molecule has 0 radical (unpaired) electrons. The number of carbonyl (C=O) groups is 2. The summed E-state index contributed by atoms with van der Waals surface area (Å²) >= 11 is 6.01. The first-order valence-corrected chi connectivity index (χ1v) is 9.36. The molecule has 2 unspecified atom stereocenters. The quantitative estimate of drug-likeness (QED) is 0.494. The first kappa shape index (κ1) is 19.5. The molecule has 0 aliphatic carbocycles. The molecule has 30 heavy (non-hydrogen) atoms. The van der Waals surface area contributed by atoms with Crippen molar-refractivity contribution in [1.82, 2.24) is 4.98 Å². The summed E-state index contributed by atoms with van der Waals surface area (Å²) in [5, 5.41) is 23.8. The number of anilines is 2. The molecule has 4 rings (SSSR count). The number of aromatic carboxylic acids is 1. The lowest BCUT2D eigenvalue weighted by molar-refractivity contribution is -0.119. The van der Waals surface area contributed by atoms with Gasteiger partial charge in [0.1, 0.15) is 18.0 Å². The van der Waals surface area contributed by atoms with Crippen molar-refractivity contribution < 1.29 is 19.8 Å². The molecule has 2 atom stereocenters. The number of phenols is 1. The van der Waals surface area contributed by atoms with Crippen molar-refractivity contribution in [1.29, 1.82) is 0 Å². The summed E-state index contributed by atoms with van der Waals surface area (Å²) in [6.07, 6.45) is 0.694. The van der Waals surface area contributed by atoms with Crippen LogP contribution < -0.4 is 16.0 Å². The number of nitrogens with zero attached hydrogens (tertiary/aromatic N) is 2. The van der Waals surface area contributed by atoms with Gasteiger partial charge in [0.2, 0.25) is 5.91 Å². The summed E-state index contributed by atoms with van der Waals surface area (Å²) in [7, 11) is 0. The maximum Gasteiger partial charge on any atom is 0.338 e. The Balaban J connectivity index is 1.96. The Morgan fingerprint density at radius 3 is 2.47 bits per heavy atom. The minimum Gasteiger partial charge on any atom is -0.508 e. The molecule has 1 amide bonds. The Hall–Kier alpha value is -3.78. The molecular formula is C21H17ClN4O4. The Morgan fingerprint density at radius 1 is 1.13 bits per heavy atom. The zero-order valence-corrected chi connectivity index (χ0v) is 16.2. The Kier molecular flexibility index (Phi) is 4.93. The minimum absolute atomic E-state index is 0.0503. The van der Waals surface area contributed by atoms with Gasteiger partial charge in [-0.1, -0.05) is 41.9 Å². The number of halogens is 1. The van der Waals surface area contributed by atoms with E-state index in [1.165, 1.54) is 23.2 Å². The largest absolute Gasteiger partial charge is 0.508 e. The van der Waals surface area contributed by atoms with Crippen LogP contribution in [0.2, 0.25) is 5.02 Å². The summed E-state index contributed by atoms with van der Waals surface area (Å²) in [6.45, 7) is 0. The highest BCUT2D eigenvalue weighted by atomic mass is 35.5. The van der Waals surface area contributed by atoms with E-state index >= 15 is 0 Å². The molecule has 0 fully saturated rings. The molecule has 1 aromatic heterocycles. The van der Waals surface area contributed by atoms with Gasteiger partial charge in [0, 0.05) is 16.8 Å². The Bertz CT molecular complexity index is 1140. The third kappa shape index (κ3) is 3.27. The van der Waals surface area contributed by atoms with Gasteiger partial charge in [-0.15, -0.1) is 0 Å². The second-order valence-corrected chi connectivity index (χ2v) is 7.17. The van der Waals surface area contributed by atoms with Crippen LogP contribution in [0.15, 0.2) is 60.8 Å². The number of carbonyl (C=O) groups excluding carboxylic acids is 1. The summed E-state index contributed by atoms with van der Waals surface area (Å²) < 4.78 is 0. The SMILES string of the molecule is NC(=O)C(c1ccccc1O)N1c2c(C(=O)O)ccnc2NC1c1ccc(Cl)cc1. The highest BCUT2D eigenvalue weighted by Gasteiger charge is 2.42. The van der Waals surface area contributed by atoms with Crippen molar-refractivity contribution in [3.05, 3.63) is 82.5 Å². The number of phenolic OH excluding ortho intramolecular Hbond substituents is 1. The molecule has 9 heteroatoms. The van der Waals surface area contributed by atoms with Gasteiger partial charge in [-0.25, -0.2) is 9.78 Å². The minimum atomic E-state index is -1.18. The summed E-state index contributed by atoms with van der Waals surface area (Å²) in [4.78, 5) is 30.3. The van der Waals surface area contributed by atoms with Gasteiger partial charge in [-0.05, 0) is 29.8 Å². The number of primary amides is 1. The zero-order chi connectivity index (χ0) is 21.4. The average molecular weight is 425 g/mol. The van der Waals surface area contributed by atoms with Crippen LogP contribution in [-0.2, 0) is 4.79 Å². The maximum atomic E-state index is 12.6. The second kappa shape index (κ2) is 7.57. The van der Waals surface area contributed by atoms with Crippen LogP contribution >= 0.6 is 11.6 Å². The molecular weight excluding hydrogens is 408 g/mol. The predicted octanol–water partition coefficient (Wildman–Crippen LogP) is 3.30. The standard InChI is InChI=1S/C21H17ClN4O4/c22-12-7-5-11(6-8-12)20-25-19-17(14(21(29)30)9-10-24-19)26(20)16(18(23)28)13-3-1-2-4-15(13)27/h1-10,16,20,27H,(H2,23,28)(H,24,25)(H,29,30). The van der Waals surface area contributed by atoms with Crippen molar-refractivity contribution in [3.8, 4) is 5.75 Å². The second-order valence-electron chi connectivity index (χ2n) is 6.73. The normalized spacial score (nSPS) is 15.9. The number of rotatable bonds is 5. The van der Waals surface area contributed by atoms with Gasteiger partial charge >= 0.3 is 5.97 Å². The highest BCUT2D eigenvalue weighted by Crippen LogP contribution is 2.48. The molecule has 2 heterocycles. The fraction of sp³-hybridized carbons (Fsp3) is 0.0952. The fourth-order valence-electron chi connectivity index (χ4n) is 3.65. The topological polar surface area (TPSA) is 129 Å². The van der Waals surface area contributed by atoms with Gasteiger partial charge in [0.15, 0.2) is 5.82 Å². The molecule has 0 saturated carbocycles. The molecule has 1 aliphatic rings. The van der Waals surface area contributed by atoms with Crippen molar-refractivity contribution in [2.45, 2.75) is 12.2 Å². The van der Waals surface area contributed by atoms with Crippen LogP contribution in [0.5, 0.6) is 5.75 Å². The van der Waals surface area contributed by atoms with E-state index in [4.69, 9.17) is 17.3 Å². The number of carboxylic acids is 1. The molecule has 8 nitrogen and oxygen atoms in total. The number of benzene rings is 2. The van der Waals surface area contributed by atoms with E-state index in [1.807, 2.05) is 0 Å². The molecule has 0 saturated heterocycles. The van der Waals surface area contributed by atoms with Gasteiger partial charge in [-0.2, -0.15) is 0 Å². The zero-order valence-electron chi connectivity index (χ0n) is 15.5. The number of carboxylic acid groups (broad SMARTS) is 1. The lowest BCUT2D eigenvalue weighted by atomic mass is 10.00. The van der Waals surface area contributed by atoms with Crippen LogP contribution in [-0.4, -0.2) is 27.1 Å². The maximum absolute atomic E-state index is 12.6. The third-order valence-electron chi connectivity index (χ3n) is 4.93. The first-order chi connectivity index (χ1) is 14.4. The van der Waals surface area contributed by atoms with E-state index in [0.717, 1.165) is 0 Å². The first-order valence-electron chi connectivity index (χ1n) is 8.98. The molecule has 0 bridgehead atoms. The van der Waals surface area contributed by atoms with Gasteiger partial charge in [-0.3, -0.25) is 4.79 Å². The van der Waals surface area contributed by atoms with Crippen molar-refractivity contribution in [3.63, 3.8) is 0 Å². The molecule has 2 aromatic carbocycles. The molecule has 3 aromatic rings. The van der Waals surface area contributed by atoms with E-state index in [0.29, 0.717) is 10.6 Å². The Morgan fingerprint density at radius 2 is 1.83 bits per heavy atom. The summed E-state index contributed by atoms with van der Waals surface area (Å²) in [5.74, 6) is -1.79. The smallest absolute Gasteiger partial charge is 0.338 e. The monoisotopic (exact) mass is 424 g/mol. The number of fused-ring (bicyclic) bond motifs is 1. The van der Waals surface area contributed by atoms with E-state index in [-0.39, 0.29) is 28.4 Å². The number of amides is 1. The molecule has 1 aliphatic heterocycles. The predicted molar refractivity (Wildman–Crippen MR) is 112 cm³/mol. The number of hydrogen-bond acceptors (Lipinski definition) is 6. The van der Waals surface area contributed by atoms with Gasteiger partial charge < -0.3 is 26.2 Å². The number of para-hydroxylation sites is 1. The van der Waals surface area contributed by atoms with Gasteiger partial charge in [0.25, 0.3) is 0 Å². The molecule has 152 valence electrons. The molecule has 5 N–H and O–H groups in total. The van der Waals surface area contributed by atoms with Gasteiger partial charge in [0.05, 0.1) is 11.3 Å². The number of aromatic nitrogens is 1. The van der Waals surface area contributed by atoms with E-state index in [2.05, 4.69) is 10.3 Å². The lowest BCUT2D eigenvalue weighted by Crippen LogP contribution is -2.40. The van der Waals surface area contributed by atoms with Crippen molar-refractivity contribution in [2.24, 2.45) is 5.73 Å². The number of nitrogens with two attached hydrogens (primary N) is 1. The van der Waals surface area contributed by atoms with Crippen molar-refractivity contribution in [2.75, 3.05) is 10.2 Å². The number of pyridine rings is 1. The van der Waals surface area contributed by atoms with Crippen LogP contribution in [0.1, 0.15) is 33.7 Å². The number of nitrogens with one attached hydrogen (secondary N) is 1. The van der Waals surface area contributed by atoms with Crippen LogP contribution in [0.25, 0.3) is 0 Å². The van der Waals surface area contributed by atoms with Crippen LogP contribution in [0, 0.1) is 0 Å². The van der Waals surface area contributed by atoms with Crippen molar-refractivity contribution >= 4 is 35.0 Å². The highest BCUT2D eigenvalue weighted by molar-refractivity contribution is 6.30. The lowest BCUT2D eigenvalue weighted by Gasteiger charge is -2.34. The number of hydrogen-bond donors (Lipinski definition) is 4. The summed E-state index contributed by atoms with van der Waals surface area (Å²) in [5.41, 5.74) is 6.86. The molecule has 0 spiro atoms. The third-order valence-corrected chi connectivity index (χ3v) is 5.18. The Labute approximate surface area is 176 Å². The van der Waals surface area contributed by atoms with E-state index in [9.17, 15) is 19.8 Å². The average Bonchev–Trinajstić information content (AvgIpc) is 3.09. The summed E-state index contributed by atoms with van der Waals surface area (Å²) in [6, 6.07) is 13.3. The van der Waals surface area contributed by atoms with Crippen LogP contribution in [0.4, 0.5) is 11.5 Å². The number of aromatic hydroxyl groups is 1.